The molecule has 158 valence electrons. The van der Waals surface area contributed by atoms with Crippen molar-refractivity contribution in [3.8, 4) is 0 Å². The maximum Gasteiger partial charge on any atom is 0.211 e. The highest BCUT2D eigenvalue weighted by Crippen LogP contribution is 2.27. The van der Waals surface area contributed by atoms with E-state index in [2.05, 4.69) is 38.0 Å². The second kappa shape index (κ2) is 10.0. The van der Waals surface area contributed by atoms with Gasteiger partial charge in [0.25, 0.3) is 0 Å². The van der Waals surface area contributed by atoms with Crippen LogP contribution >= 0.6 is 11.3 Å². The second-order valence-corrected chi connectivity index (χ2v) is 10.7. The van der Waals surface area contributed by atoms with Crippen molar-refractivity contribution in [3.05, 3.63) is 22.4 Å². The monoisotopic (exact) mass is 427 g/mol. The van der Waals surface area contributed by atoms with Crippen molar-refractivity contribution >= 4 is 27.3 Å². The summed E-state index contributed by atoms with van der Waals surface area (Å²) in [6.07, 6.45) is 5.63. The highest BCUT2D eigenvalue weighted by molar-refractivity contribution is 7.88. The summed E-state index contributed by atoms with van der Waals surface area (Å²) in [5.74, 6) is 1.30. The van der Waals surface area contributed by atoms with E-state index in [1.807, 2.05) is 11.3 Å². The first-order valence-corrected chi connectivity index (χ1v) is 12.9. The van der Waals surface area contributed by atoms with Crippen molar-refractivity contribution in [2.24, 2.45) is 10.9 Å². The average molecular weight is 428 g/mol. The van der Waals surface area contributed by atoms with E-state index in [-0.39, 0.29) is 0 Å². The number of nitrogens with one attached hydrogen (secondary N) is 2. The zero-order valence-corrected chi connectivity index (χ0v) is 18.6. The summed E-state index contributed by atoms with van der Waals surface area (Å²) >= 11 is 1.82. The largest absolute Gasteiger partial charge is 0.356 e. The molecule has 9 heteroatoms. The van der Waals surface area contributed by atoms with E-state index in [4.69, 9.17) is 0 Å². The van der Waals surface area contributed by atoms with Crippen LogP contribution in [0.5, 0.6) is 0 Å². The van der Waals surface area contributed by atoms with Gasteiger partial charge < -0.3 is 10.6 Å². The minimum atomic E-state index is -3.06. The second-order valence-electron chi connectivity index (χ2n) is 7.71. The van der Waals surface area contributed by atoms with Gasteiger partial charge in [-0.05, 0) is 56.1 Å². The molecule has 3 heterocycles. The Morgan fingerprint density at radius 1 is 1.25 bits per heavy atom. The molecule has 3 rings (SSSR count). The van der Waals surface area contributed by atoms with Crippen molar-refractivity contribution in [1.82, 2.24) is 19.8 Å². The molecule has 0 aromatic carbocycles. The van der Waals surface area contributed by atoms with E-state index in [0.29, 0.717) is 25.0 Å². The molecule has 2 saturated heterocycles. The summed E-state index contributed by atoms with van der Waals surface area (Å²) < 4.78 is 24.9. The Morgan fingerprint density at radius 3 is 2.54 bits per heavy atom. The number of likely N-dealkylation sites (tertiary alicyclic amines) is 1. The molecule has 0 radical (unpaired) electrons. The van der Waals surface area contributed by atoms with E-state index in [0.717, 1.165) is 45.0 Å². The fraction of sp³-hybridized carbons (Fsp3) is 0.737. The van der Waals surface area contributed by atoms with Crippen molar-refractivity contribution < 1.29 is 8.42 Å². The number of rotatable bonds is 7. The normalized spacial score (nSPS) is 21.7. The number of piperidine rings is 1. The number of hydrogen-bond acceptors (Lipinski definition) is 5. The first-order chi connectivity index (χ1) is 13.5. The zero-order chi connectivity index (χ0) is 20.0. The van der Waals surface area contributed by atoms with Gasteiger partial charge in [-0.3, -0.25) is 9.89 Å². The van der Waals surface area contributed by atoms with Crippen molar-refractivity contribution in [3.63, 3.8) is 0 Å². The van der Waals surface area contributed by atoms with Crippen LogP contribution in [0.2, 0.25) is 0 Å². The summed E-state index contributed by atoms with van der Waals surface area (Å²) in [6, 6.07) is 4.74. The maximum atomic E-state index is 11.6. The van der Waals surface area contributed by atoms with Crippen LogP contribution in [0.4, 0.5) is 0 Å². The van der Waals surface area contributed by atoms with Gasteiger partial charge in [0.15, 0.2) is 5.96 Å². The van der Waals surface area contributed by atoms with Gasteiger partial charge >= 0.3 is 0 Å². The van der Waals surface area contributed by atoms with E-state index in [1.54, 1.807) is 11.4 Å². The lowest BCUT2D eigenvalue weighted by Gasteiger charge is -2.31. The highest BCUT2D eigenvalue weighted by Gasteiger charge is 2.26. The summed E-state index contributed by atoms with van der Waals surface area (Å²) in [5.41, 5.74) is 0. The van der Waals surface area contributed by atoms with Crippen LogP contribution in [0.3, 0.4) is 0 Å². The predicted octanol–water partition coefficient (Wildman–Crippen LogP) is 1.72. The van der Waals surface area contributed by atoms with Crippen molar-refractivity contribution in [2.45, 2.75) is 31.7 Å². The molecule has 0 saturated carbocycles. The van der Waals surface area contributed by atoms with Crippen LogP contribution in [0.1, 0.15) is 36.6 Å². The fourth-order valence-electron chi connectivity index (χ4n) is 4.04. The first-order valence-electron chi connectivity index (χ1n) is 10.1. The van der Waals surface area contributed by atoms with E-state index >= 15 is 0 Å². The first kappa shape index (κ1) is 21.5. The number of hydrogen-bond donors (Lipinski definition) is 2. The Kier molecular flexibility index (Phi) is 7.73. The zero-order valence-electron chi connectivity index (χ0n) is 16.9. The third-order valence-electron chi connectivity index (χ3n) is 5.74. The Morgan fingerprint density at radius 2 is 1.96 bits per heavy atom. The molecule has 1 aromatic heterocycles. The molecule has 0 aliphatic carbocycles. The van der Waals surface area contributed by atoms with Crippen LogP contribution in [-0.4, -0.2) is 76.2 Å². The molecule has 2 N–H and O–H groups in total. The van der Waals surface area contributed by atoms with Gasteiger partial charge in [-0.15, -0.1) is 11.3 Å². The lowest BCUT2D eigenvalue weighted by atomic mass is 9.98. The molecule has 2 aliphatic heterocycles. The summed E-state index contributed by atoms with van der Waals surface area (Å²) in [7, 11) is -1.26. The van der Waals surface area contributed by atoms with Crippen LogP contribution in [-0.2, 0) is 10.0 Å². The number of thiophene rings is 1. The number of sulfonamides is 1. The van der Waals surface area contributed by atoms with Crippen LogP contribution in [0, 0.1) is 5.92 Å². The SMILES string of the molecule is CN=C(NCC1CCN(S(C)(=O)=O)CC1)NCC(c1cccs1)N1CCCC1. The van der Waals surface area contributed by atoms with Crippen LogP contribution in [0.25, 0.3) is 0 Å². The van der Waals surface area contributed by atoms with Gasteiger partial charge in [-0.25, -0.2) is 12.7 Å². The quantitative estimate of drug-likeness (QED) is 0.512. The number of nitrogens with zero attached hydrogens (tertiary/aromatic N) is 3. The van der Waals surface area contributed by atoms with Gasteiger partial charge in [0, 0.05) is 38.1 Å². The minimum Gasteiger partial charge on any atom is -0.356 e. The lowest BCUT2D eigenvalue weighted by molar-refractivity contribution is 0.248. The Bertz CT molecular complexity index is 722. The van der Waals surface area contributed by atoms with Crippen molar-refractivity contribution in [2.75, 3.05) is 52.6 Å². The fourth-order valence-corrected chi connectivity index (χ4v) is 5.78. The van der Waals surface area contributed by atoms with Gasteiger partial charge in [-0.1, -0.05) is 6.07 Å². The topological polar surface area (TPSA) is 77.0 Å². The molecule has 0 amide bonds. The molecule has 28 heavy (non-hydrogen) atoms. The molecular weight excluding hydrogens is 394 g/mol. The van der Waals surface area contributed by atoms with E-state index in [9.17, 15) is 8.42 Å². The lowest BCUT2D eigenvalue weighted by Crippen LogP contribution is -2.45. The highest BCUT2D eigenvalue weighted by atomic mass is 32.2. The summed E-state index contributed by atoms with van der Waals surface area (Å²) in [4.78, 5) is 8.34. The molecule has 0 spiro atoms. The molecule has 7 nitrogen and oxygen atoms in total. The molecule has 1 atom stereocenters. The number of aliphatic imine (C=N–C) groups is 1. The summed E-state index contributed by atoms with van der Waals surface area (Å²) in [6.45, 7) is 5.22. The number of guanidine groups is 1. The minimum absolute atomic E-state index is 0.388. The predicted molar refractivity (Wildman–Crippen MR) is 116 cm³/mol. The van der Waals surface area contributed by atoms with E-state index in [1.165, 1.54) is 24.0 Å². The van der Waals surface area contributed by atoms with Gasteiger partial charge in [0.2, 0.25) is 10.0 Å². The molecule has 2 fully saturated rings. The Balaban J connectivity index is 1.46. The van der Waals surface area contributed by atoms with Crippen LogP contribution < -0.4 is 10.6 Å². The molecule has 2 aliphatic rings. The smallest absolute Gasteiger partial charge is 0.211 e. The molecular formula is C19H33N5O2S2. The van der Waals surface area contributed by atoms with Gasteiger partial charge in [-0.2, -0.15) is 0 Å². The standard InChI is InChI=1S/C19H33N5O2S2/c1-20-19(21-14-16-7-11-24(12-8-16)28(2,25)26)22-15-17(18-6-5-13-27-18)23-9-3-4-10-23/h5-6,13,16-17H,3-4,7-12,14-15H2,1-2H3,(H2,20,21,22). The van der Waals surface area contributed by atoms with Gasteiger partial charge in [0.05, 0.1) is 12.3 Å². The Hall–Kier alpha value is -1.16. The summed E-state index contributed by atoms with van der Waals surface area (Å²) in [5, 5.41) is 9.09. The third kappa shape index (κ3) is 5.92. The van der Waals surface area contributed by atoms with Crippen LogP contribution in [0.15, 0.2) is 22.5 Å². The van der Waals surface area contributed by atoms with E-state index < -0.39 is 10.0 Å². The molecule has 0 bridgehead atoms. The molecule has 1 unspecified atom stereocenters. The van der Waals surface area contributed by atoms with Gasteiger partial charge in [0.1, 0.15) is 0 Å². The average Bonchev–Trinajstić information content (AvgIpc) is 3.38. The molecule has 1 aromatic rings. The third-order valence-corrected chi connectivity index (χ3v) is 8.02. The Labute approximate surface area is 173 Å². The van der Waals surface area contributed by atoms with Crippen molar-refractivity contribution in [1.29, 1.82) is 0 Å². The maximum absolute atomic E-state index is 11.6.